The van der Waals surface area contributed by atoms with Crippen molar-refractivity contribution in [1.29, 1.82) is 0 Å². The number of carboxylic acids is 1. The van der Waals surface area contributed by atoms with Gasteiger partial charge in [0.2, 0.25) is 0 Å². The number of ether oxygens (including phenoxy) is 1. The Morgan fingerprint density at radius 2 is 1.89 bits per heavy atom. The van der Waals surface area contributed by atoms with Gasteiger partial charge >= 0.3 is 11.9 Å². The summed E-state index contributed by atoms with van der Waals surface area (Å²) >= 11 is 0. The summed E-state index contributed by atoms with van der Waals surface area (Å²) in [4.78, 5) is 21.9. The highest BCUT2D eigenvalue weighted by Crippen LogP contribution is 2.36. The van der Waals surface area contributed by atoms with Crippen LogP contribution in [0.15, 0.2) is 24.3 Å². The molecule has 0 bridgehead atoms. The monoisotopic (exact) mass is 396 g/mol. The zero-order valence-corrected chi connectivity index (χ0v) is 17.1. The molecule has 0 radical (unpaired) electrons. The second-order valence-electron chi connectivity index (χ2n) is 7.63. The van der Waals surface area contributed by atoms with Gasteiger partial charge in [0.1, 0.15) is 6.10 Å². The molecule has 1 rings (SSSR count). The van der Waals surface area contributed by atoms with E-state index in [0.717, 1.165) is 25.7 Å². The van der Waals surface area contributed by atoms with E-state index in [1.54, 1.807) is 0 Å². The van der Waals surface area contributed by atoms with Crippen LogP contribution in [0, 0.1) is 11.8 Å². The SMILES string of the molecule is CCCCC[C@@H](/C=C/[C@@H]1[C@@H](C/C=C\CCCC(=O)O)[C@@H](O)C[C@H]1O)OC(C)=O. The van der Waals surface area contributed by atoms with Gasteiger partial charge < -0.3 is 20.1 Å². The number of rotatable bonds is 13. The van der Waals surface area contributed by atoms with E-state index in [0.29, 0.717) is 25.7 Å². The number of aliphatic hydroxyl groups is 2. The lowest BCUT2D eigenvalue weighted by Crippen LogP contribution is -2.21. The van der Waals surface area contributed by atoms with Crippen LogP contribution in [0.25, 0.3) is 0 Å². The van der Waals surface area contributed by atoms with Crippen molar-refractivity contribution in [3.63, 3.8) is 0 Å². The molecule has 5 atom stereocenters. The van der Waals surface area contributed by atoms with E-state index in [-0.39, 0.29) is 30.3 Å². The van der Waals surface area contributed by atoms with Crippen molar-refractivity contribution in [3.8, 4) is 0 Å². The van der Waals surface area contributed by atoms with Crippen molar-refractivity contribution in [2.45, 2.75) is 89.9 Å². The summed E-state index contributed by atoms with van der Waals surface area (Å²) in [6.45, 7) is 3.51. The molecule has 0 aliphatic heterocycles. The van der Waals surface area contributed by atoms with Crippen LogP contribution in [0.5, 0.6) is 0 Å². The molecule has 0 heterocycles. The van der Waals surface area contributed by atoms with E-state index in [1.807, 2.05) is 24.3 Å². The molecule has 1 fully saturated rings. The van der Waals surface area contributed by atoms with Crippen LogP contribution in [0.1, 0.15) is 71.6 Å². The predicted molar refractivity (Wildman–Crippen MR) is 108 cm³/mol. The summed E-state index contributed by atoms with van der Waals surface area (Å²) in [5.74, 6) is -1.41. The van der Waals surface area contributed by atoms with E-state index < -0.39 is 18.2 Å². The predicted octanol–water partition coefficient (Wildman–Crippen LogP) is 3.61. The number of carboxylic acid groups (broad SMARTS) is 1. The molecule has 0 amide bonds. The van der Waals surface area contributed by atoms with Crippen LogP contribution in [0.3, 0.4) is 0 Å². The van der Waals surface area contributed by atoms with Gasteiger partial charge in [0, 0.05) is 25.7 Å². The quantitative estimate of drug-likeness (QED) is 0.250. The van der Waals surface area contributed by atoms with Crippen LogP contribution in [-0.4, -0.2) is 45.6 Å². The molecular formula is C22H36O6. The fraction of sp³-hybridized carbons (Fsp3) is 0.727. The second kappa shape index (κ2) is 13.5. The van der Waals surface area contributed by atoms with Crippen LogP contribution < -0.4 is 0 Å². The molecule has 0 spiro atoms. The van der Waals surface area contributed by atoms with Gasteiger partial charge in [0.25, 0.3) is 0 Å². The first-order chi connectivity index (χ1) is 13.3. The molecule has 6 heteroatoms. The Morgan fingerprint density at radius 1 is 1.14 bits per heavy atom. The number of aliphatic carboxylic acids is 1. The van der Waals surface area contributed by atoms with Gasteiger partial charge in [-0.3, -0.25) is 9.59 Å². The minimum absolute atomic E-state index is 0.101. The molecule has 3 N–H and O–H groups in total. The number of hydrogen-bond acceptors (Lipinski definition) is 5. The Kier molecular flexibility index (Phi) is 11.8. The number of unbranched alkanes of at least 4 members (excludes halogenated alkanes) is 3. The first-order valence-corrected chi connectivity index (χ1v) is 10.4. The molecule has 28 heavy (non-hydrogen) atoms. The van der Waals surface area contributed by atoms with Crippen LogP contribution >= 0.6 is 0 Å². The molecular weight excluding hydrogens is 360 g/mol. The highest BCUT2D eigenvalue weighted by molar-refractivity contribution is 5.66. The van der Waals surface area contributed by atoms with Crippen molar-refractivity contribution < 1.29 is 29.6 Å². The van der Waals surface area contributed by atoms with Gasteiger partial charge in [0.15, 0.2) is 0 Å². The summed E-state index contributed by atoms with van der Waals surface area (Å²) in [6.07, 6.45) is 12.4. The van der Waals surface area contributed by atoms with E-state index in [2.05, 4.69) is 6.92 Å². The first-order valence-electron chi connectivity index (χ1n) is 10.4. The minimum Gasteiger partial charge on any atom is -0.481 e. The molecule has 0 aromatic carbocycles. The fourth-order valence-electron chi connectivity index (χ4n) is 3.70. The van der Waals surface area contributed by atoms with E-state index in [1.165, 1.54) is 6.92 Å². The maximum absolute atomic E-state index is 11.3. The average Bonchev–Trinajstić information content (AvgIpc) is 2.88. The van der Waals surface area contributed by atoms with Crippen molar-refractivity contribution in [1.82, 2.24) is 0 Å². The van der Waals surface area contributed by atoms with Gasteiger partial charge in [-0.25, -0.2) is 0 Å². The molecule has 0 saturated heterocycles. The van der Waals surface area contributed by atoms with Gasteiger partial charge in [-0.15, -0.1) is 0 Å². The molecule has 0 aromatic heterocycles. The van der Waals surface area contributed by atoms with E-state index >= 15 is 0 Å². The molecule has 6 nitrogen and oxygen atoms in total. The van der Waals surface area contributed by atoms with Gasteiger partial charge in [-0.2, -0.15) is 0 Å². The molecule has 0 unspecified atom stereocenters. The Balaban J connectivity index is 2.64. The number of carbonyl (C=O) groups excluding carboxylic acids is 1. The Labute approximate surface area is 168 Å². The van der Waals surface area contributed by atoms with Crippen LogP contribution in [0.2, 0.25) is 0 Å². The number of esters is 1. The Morgan fingerprint density at radius 3 is 2.54 bits per heavy atom. The highest BCUT2D eigenvalue weighted by atomic mass is 16.5. The van der Waals surface area contributed by atoms with Crippen LogP contribution in [-0.2, 0) is 14.3 Å². The van der Waals surface area contributed by atoms with E-state index in [4.69, 9.17) is 9.84 Å². The summed E-state index contributed by atoms with van der Waals surface area (Å²) in [6, 6.07) is 0. The normalized spacial score (nSPS) is 26.1. The summed E-state index contributed by atoms with van der Waals surface area (Å²) in [5.41, 5.74) is 0. The Hall–Kier alpha value is -1.66. The minimum atomic E-state index is -0.797. The van der Waals surface area contributed by atoms with Crippen molar-refractivity contribution in [2.75, 3.05) is 0 Å². The molecule has 1 aliphatic rings. The maximum atomic E-state index is 11.3. The smallest absolute Gasteiger partial charge is 0.303 e. The van der Waals surface area contributed by atoms with Crippen molar-refractivity contribution in [3.05, 3.63) is 24.3 Å². The molecule has 1 saturated carbocycles. The fourth-order valence-corrected chi connectivity index (χ4v) is 3.70. The lowest BCUT2D eigenvalue weighted by atomic mass is 9.89. The van der Waals surface area contributed by atoms with Gasteiger partial charge in [0.05, 0.1) is 12.2 Å². The first kappa shape index (κ1) is 24.4. The third-order valence-electron chi connectivity index (χ3n) is 5.21. The molecule has 1 aliphatic carbocycles. The maximum Gasteiger partial charge on any atom is 0.303 e. The van der Waals surface area contributed by atoms with Crippen molar-refractivity contribution >= 4 is 11.9 Å². The molecule has 0 aromatic rings. The zero-order valence-electron chi connectivity index (χ0n) is 17.1. The highest BCUT2D eigenvalue weighted by Gasteiger charge is 2.39. The van der Waals surface area contributed by atoms with Gasteiger partial charge in [-0.1, -0.05) is 38.0 Å². The zero-order chi connectivity index (χ0) is 20.9. The lowest BCUT2D eigenvalue weighted by Gasteiger charge is -2.20. The summed E-state index contributed by atoms with van der Waals surface area (Å²) in [7, 11) is 0. The topological polar surface area (TPSA) is 104 Å². The summed E-state index contributed by atoms with van der Waals surface area (Å²) < 4.78 is 5.37. The number of hydrogen-bond donors (Lipinski definition) is 3. The Bertz CT molecular complexity index is 527. The van der Waals surface area contributed by atoms with Crippen LogP contribution in [0.4, 0.5) is 0 Å². The second-order valence-corrected chi connectivity index (χ2v) is 7.63. The largest absolute Gasteiger partial charge is 0.481 e. The average molecular weight is 397 g/mol. The van der Waals surface area contributed by atoms with Crippen molar-refractivity contribution in [2.24, 2.45) is 11.8 Å². The van der Waals surface area contributed by atoms with E-state index in [9.17, 15) is 19.8 Å². The molecule has 160 valence electrons. The standard InChI is InChI=1S/C22H36O6/c1-3-4-7-10-17(28-16(2)23)13-14-19-18(20(24)15-21(19)25)11-8-5-6-9-12-22(26)27/h5,8,13-14,17-21,24-25H,3-4,6-7,9-12,15H2,1-2H3,(H,26,27)/b8-5-,14-13+/t17-,18+,19+,20-,21+/m0/s1. The number of carbonyl (C=O) groups is 2. The third kappa shape index (κ3) is 9.51. The number of allylic oxidation sites excluding steroid dienone is 2. The van der Waals surface area contributed by atoms with Gasteiger partial charge in [-0.05, 0) is 44.1 Å². The lowest BCUT2D eigenvalue weighted by molar-refractivity contribution is -0.144. The number of aliphatic hydroxyl groups excluding tert-OH is 2. The third-order valence-corrected chi connectivity index (χ3v) is 5.21. The summed E-state index contributed by atoms with van der Waals surface area (Å²) in [5, 5.41) is 29.3.